The fraction of sp³-hybridized carbons (Fsp3) is 0.722. The molecule has 0 aromatic heterocycles. The van der Waals surface area contributed by atoms with Crippen LogP contribution in [0.4, 0.5) is 13.2 Å². The molecule has 0 bridgehead atoms. The van der Waals surface area contributed by atoms with E-state index < -0.39 is 41.0 Å². The maximum atomic E-state index is 14.2. The first-order valence-corrected chi connectivity index (χ1v) is 8.95. The highest BCUT2D eigenvalue weighted by Gasteiger charge is 2.69. The Balaban J connectivity index is 2.50. The SMILES string of the molecule is CC(=O)C1=C(C)N(CC2CCCO2)C(=O)C1(NC(=O)CC(C)C)C(F)(F)F. The second-order valence-corrected chi connectivity index (χ2v) is 7.46. The quantitative estimate of drug-likeness (QED) is 0.755. The predicted molar refractivity (Wildman–Crippen MR) is 90.5 cm³/mol. The molecule has 2 unspecified atom stereocenters. The number of Topliss-reactive ketones (excluding diaryl/α,β-unsaturated/α-hetero) is 1. The van der Waals surface area contributed by atoms with Crippen molar-refractivity contribution in [2.45, 2.75) is 64.8 Å². The molecular weight excluding hydrogens is 365 g/mol. The first-order valence-electron chi connectivity index (χ1n) is 8.95. The standard InChI is InChI=1S/C18H25F3N2O4/c1-10(2)8-14(25)22-17(18(19,20)21)15(12(4)24)11(3)23(16(17)26)9-13-6-5-7-27-13/h10,13H,5-9H2,1-4H3,(H,22,25). The molecule has 27 heavy (non-hydrogen) atoms. The summed E-state index contributed by atoms with van der Waals surface area (Å²) in [6.45, 7) is 6.01. The van der Waals surface area contributed by atoms with Crippen molar-refractivity contribution in [3.8, 4) is 0 Å². The highest BCUT2D eigenvalue weighted by atomic mass is 19.4. The second-order valence-electron chi connectivity index (χ2n) is 7.46. The fourth-order valence-corrected chi connectivity index (χ4v) is 3.68. The van der Waals surface area contributed by atoms with Gasteiger partial charge >= 0.3 is 6.18 Å². The molecule has 0 radical (unpaired) electrons. The Morgan fingerprint density at radius 3 is 2.44 bits per heavy atom. The summed E-state index contributed by atoms with van der Waals surface area (Å²) in [5, 5.41) is 1.86. The van der Waals surface area contributed by atoms with Gasteiger partial charge in [0.2, 0.25) is 11.4 Å². The fourth-order valence-electron chi connectivity index (χ4n) is 3.68. The number of nitrogens with one attached hydrogen (secondary N) is 1. The Labute approximate surface area is 156 Å². The summed E-state index contributed by atoms with van der Waals surface area (Å²) < 4.78 is 47.9. The van der Waals surface area contributed by atoms with Crippen molar-refractivity contribution in [3.63, 3.8) is 0 Å². The van der Waals surface area contributed by atoms with Crippen LogP contribution in [0.3, 0.4) is 0 Å². The number of hydrogen-bond acceptors (Lipinski definition) is 4. The molecule has 2 aliphatic heterocycles. The van der Waals surface area contributed by atoms with Crippen LogP contribution in [0.5, 0.6) is 0 Å². The minimum Gasteiger partial charge on any atom is -0.376 e. The van der Waals surface area contributed by atoms with Crippen LogP contribution in [0.2, 0.25) is 0 Å². The van der Waals surface area contributed by atoms with Gasteiger partial charge in [0.05, 0.1) is 18.2 Å². The molecule has 1 N–H and O–H groups in total. The van der Waals surface area contributed by atoms with E-state index >= 15 is 0 Å². The van der Waals surface area contributed by atoms with E-state index in [4.69, 9.17) is 4.74 Å². The van der Waals surface area contributed by atoms with E-state index in [-0.39, 0.29) is 24.6 Å². The third-order valence-corrected chi connectivity index (χ3v) is 4.82. The Morgan fingerprint density at radius 2 is 2.00 bits per heavy atom. The number of alkyl halides is 3. The molecule has 9 heteroatoms. The van der Waals surface area contributed by atoms with Crippen molar-refractivity contribution in [2.75, 3.05) is 13.2 Å². The molecule has 1 fully saturated rings. The van der Waals surface area contributed by atoms with E-state index in [9.17, 15) is 27.6 Å². The number of carbonyl (C=O) groups is 3. The van der Waals surface area contributed by atoms with Crippen molar-refractivity contribution in [2.24, 2.45) is 5.92 Å². The normalized spacial score (nSPS) is 26.3. The molecule has 2 heterocycles. The average Bonchev–Trinajstić information content (AvgIpc) is 3.07. The lowest BCUT2D eigenvalue weighted by atomic mass is 9.86. The number of ether oxygens (including phenoxy) is 1. The zero-order valence-corrected chi connectivity index (χ0v) is 15.9. The largest absolute Gasteiger partial charge is 0.425 e. The van der Waals surface area contributed by atoms with Crippen LogP contribution in [0.1, 0.15) is 47.0 Å². The lowest BCUT2D eigenvalue weighted by molar-refractivity contribution is -0.195. The van der Waals surface area contributed by atoms with Crippen LogP contribution >= 0.6 is 0 Å². The van der Waals surface area contributed by atoms with Gasteiger partial charge in [0, 0.05) is 18.7 Å². The summed E-state index contributed by atoms with van der Waals surface area (Å²) in [4.78, 5) is 38.2. The molecule has 2 amide bonds. The monoisotopic (exact) mass is 390 g/mol. The van der Waals surface area contributed by atoms with Gasteiger partial charge in [0.15, 0.2) is 5.78 Å². The molecule has 152 valence electrons. The van der Waals surface area contributed by atoms with Gasteiger partial charge in [0.1, 0.15) is 0 Å². The predicted octanol–water partition coefficient (Wildman–Crippen LogP) is 2.33. The first-order chi connectivity index (χ1) is 12.4. The molecule has 2 aliphatic rings. The van der Waals surface area contributed by atoms with Gasteiger partial charge in [-0.05, 0) is 32.6 Å². The number of halogens is 3. The number of carbonyl (C=O) groups excluding carboxylic acids is 3. The van der Waals surface area contributed by atoms with E-state index in [2.05, 4.69) is 0 Å². The van der Waals surface area contributed by atoms with Gasteiger partial charge in [0.25, 0.3) is 5.91 Å². The maximum Gasteiger partial charge on any atom is 0.425 e. The summed E-state index contributed by atoms with van der Waals surface area (Å²) >= 11 is 0. The van der Waals surface area contributed by atoms with Gasteiger partial charge < -0.3 is 15.0 Å². The van der Waals surface area contributed by atoms with Crippen LogP contribution < -0.4 is 5.32 Å². The van der Waals surface area contributed by atoms with Crippen LogP contribution in [0.25, 0.3) is 0 Å². The van der Waals surface area contributed by atoms with Gasteiger partial charge in [-0.1, -0.05) is 13.8 Å². The van der Waals surface area contributed by atoms with E-state index in [1.807, 2.05) is 5.32 Å². The van der Waals surface area contributed by atoms with E-state index in [1.54, 1.807) is 13.8 Å². The lowest BCUT2D eigenvalue weighted by Gasteiger charge is -2.33. The number of allylic oxidation sites excluding steroid dienone is 1. The van der Waals surface area contributed by atoms with E-state index in [1.165, 1.54) is 6.92 Å². The van der Waals surface area contributed by atoms with Crippen molar-refractivity contribution in [1.82, 2.24) is 10.2 Å². The highest BCUT2D eigenvalue weighted by Crippen LogP contribution is 2.45. The number of amides is 2. The number of hydrogen-bond donors (Lipinski definition) is 1. The van der Waals surface area contributed by atoms with Gasteiger partial charge in [-0.3, -0.25) is 14.4 Å². The molecule has 0 aromatic rings. The smallest absolute Gasteiger partial charge is 0.376 e. The molecule has 6 nitrogen and oxygen atoms in total. The molecule has 2 atom stereocenters. The maximum absolute atomic E-state index is 14.2. The van der Waals surface area contributed by atoms with Crippen LogP contribution in [-0.4, -0.2) is 53.5 Å². The molecule has 0 saturated carbocycles. The summed E-state index contributed by atoms with van der Waals surface area (Å²) in [6, 6.07) is 0. The van der Waals surface area contributed by atoms with Gasteiger partial charge in [-0.2, -0.15) is 13.2 Å². The van der Waals surface area contributed by atoms with Gasteiger partial charge in [-0.15, -0.1) is 0 Å². The van der Waals surface area contributed by atoms with Crippen LogP contribution in [-0.2, 0) is 19.1 Å². The minimum atomic E-state index is -5.16. The molecule has 1 saturated heterocycles. The Bertz CT molecular complexity index is 666. The molecule has 0 aromatic carbocycles. The summed E-state index contributed by atoms with van der Waals surface area (Å²) in [7, 11) is 0. The Morgan fingerprint density at radius 1 is 1.37 bits per heavy atom. The zero-order chi connectivity index (χ0) is 20.6. The molecule has 2 rings (SSSR count). The number of nitrogens with zero attached hydrogens (tertiary/aromatic N) is 1. The van der Waals surface area contributed by atoms with Crippen LogP contribution in [0, 0.1) is 5.92 Å². The summed E-state index contributed by atoms with van der Waals surface area (Å²) in [5.74, 6) is -3.40. The number of ketones is 1. The topological polar surface area (TPSA) is 75.7 Å². The Kier molecular flexibility index (Phi) is 6.03. The second kappa shape index (κ2) is 7.61. The highest BCUT2D eigenvalue weighted by molar-refractivity contribution is 6.12. The Hall–Kier alpha value is -1.90. The third kappa shape index (κ3) is 3.88. The number of rotatable bonds is 6. The van der Waals surface area contributed by atoms with Crippen molar-refractivity contribution in [1.29, 1.82) is 0 Å². The van der Waals surface area contributed by atoms with Crippen LogP contribution in [0.15, 0.2) is 11.3 Å². The summed E-state index contributed by atoms with van der Waals surface area (Å²) in [5.41, 5.74) is -4.17. The molecular formula is C18H25F3N2O4. The molecule has 0 aliphatic carbocycles. The first kappa shape index (κ1) is 21.4. The van der Waals surface area contributed by atoms with Crippen molar-refractivity contribution >= 4 is 17.6 Å². The third-order valence-electron chi connectivity index (χ3n) is 4.82. The van der Waals surface area contributed by atoms with E-state index in [0.717, 1.165) is 18.2 Å². The average molecular weight is 390 g/mol. The van der Waals surface area contributed by atoms with Gasteiger partial charge in [-0.25, -0.2) is 0 Å². The zero-order valence-electron chi connectivity index (χ0n) is 15.9. The minimum absolute atomic E-state index is 0.0840. The lowest BCUT2D eigenvalue weighted by Crippen LogP contribution is -2.66. The molecule has 0 spiro atoms. The van der Waals surface area contributed by atoms with Crippen molar-refractivity contribution < 1.29 is 32.3 Å². The van der Waals surface area contributed by atoms with Crippen molar-refractivity contribution in [3.05, 3.63) is 11.3 Å². The van der Waals surface area contributed by atoms with E-state index in [0.29, 0.717) is 13.0 Å². The summed E-state index contributed by atoms with van der Waals surface area (Å²) in [6.07, 6.45) is -4.38.